The topological polar surface area (TPSA) is 64.6 Å². The average molecular weight is 348 g/mol. The normalized spacial score (nSPS) is 19.4. The third-order valence-electron chi connectivity index (χ3n) is 5.04. The van der Waals surface area contributed by atoms with Crippen LogP contribution >= 0.6 is 0 Å². The number of urea groups is 1. The highest BCUT2D eigenvalue weighted by Crippen LogP contribution is 2.20. The second kappa shape index (κ2) is 10.4. The summed E-state index contributed by atoms with van der Waals surface area (Å²) >= 11 is 0. The highest BCUT2D eigenvalue weighted by atomic mass is 16.3. The van der Waals surface area contributed by atoms with Crippen LogP contribution in [0.2, 0.25) is 0 Å². The van der Waals surface area contributed by atoms with E-state index in [0.717, 1.165) is 19.5 Å². The second-order valence-electron chi connectivity index (χ2n) is 7.18. The van der Waals surface area contributed by atoms with Crippen molar-refractivity contribution in [1.29, 1.82) is 0 Å². The molecule has 5 nitrogen and oxygen atoms in total. The van der Waals surface area contributed by atoms with E-state index in [4.69, 9.17) is 5.11 Å². The van der Waals surface area contributed by atoms with Crippen LogP contribution < -0.4 is 10.6 Å². The summed E-state index contributed by atoms with van der Waals surface area (Å²) in [5.74, 6) is 0. The Balaban J connectivity index is 1.86. The van der Waals surface area contributed by atoms with Crippen LogP contribution in [0.25, 0.3) is 0 Å². The lowest BCUT2D eigenvalue weighted by atomic mass is 10.0. The van der Waals surface area contributed by atoms with Crippen LogP contribution in [-0.4, -0.2) is 41.3 Å². The van der Waals surface area contributed by atoms with Crippen molar-refractivity contribution in [3.05, 3.63) is 35.4 Å². The van der Waals surface area contributed by atoms with Gasteiger partial charge in [0.05, 0.1) is 0 Å². The van der Waals surface area contributed by atoms with Crippen molar-refractivity contribution in [3.63, 3.8) is 0 Å². The van der Waals surface area contributed by atoms with Crippen molar-refractivity contribution in [2.75, 3.05) is 13.2 Å². The Morgan fingerprint density at radius 3 is 2.80 bits per heavy atom. The van der Waals surface area contributed by atoms with Gasteiger partial charge in [-0.2, -0.15) is 0 Å². The number of benzene rings is 1. The van der Waals surface area contributed by atoms with Gasteiger partial charge < -0.3 is 15.7 Å². The highest BCUT2D eigenvalue weighted by Gasteiger charge is 2.19. The van der Waals surface area contributed by atoms with Crippen LogP contribution in [0.3, 0.4) is 0 Å². The molecule has 1 aliphatic rings. The number of aliphatic hydroxyl groups is 1. The molecule has 1 aliphatic heterocycles. The van der Waals surface area contributed by atoms with Crippen molar-refractivity contribution in [2.45, 2.75) is 71.1 Å². The molecule has 5 heteroatoms. The van der Waals surface area contributed by atoms with Gasteiger partial charge in [0.2, 0.25) is 0 Å². The number of hydrogen-bond acceptors (Lipinski definition) is 3. The first kappa shape index (κ1) is 19.7. The smallest absolute Gasteiger partial charge is 0.315 e. The Kier molecular flexibility index (Phi) is 8.22. The van der Waals surface area contributed by atoms with Gasteiger partial charge in [0, 0.05) is 31.8 Å². The number of nitrogens with one attached hydrogen (secondary N) is 2. The van der Waals surface area contributed by atoms with Gasteiger partial charge in [-0.1, -0.05) is 30.7 Å². The minimum Gasteiger partial charge on any atom is -0.396 e. The maximum atomic E-state index is 12.0. The quantitative estimate of drug-likeness (QED) is 0.677. The number of aliphatic hydroxyl groups excluding tert-OH is 1. The zero-order valence-electron chi connectivity index (χ0n) is 15.6. The lowest BCUT2D eigenvalue weighted by molar-refractivity contribution is 0.152. The first-order chi connectivity index (χ1) is 12.1. The first-order valence-corrected chi connectivity index (χ1v) is 9.56. The van der Waals surface area contributed by atoms with Crippen molar-refractivity contribution in [3.8, 4) is 0 Å². The highest BCUT2D eigenvalue weighted by molar-refractivity contribution is 5.74. The monoisotopic (exact) mass is 347 g/mol. The molecule has 1 heterocycles. The summed E-state index contributed by atoms with van der Waals surface area (Å²) in [5.41, 5.74) is 2.48. The van der Waals surface area contributed by atoms with E-state index >= 15 is 0 Å². The molecule has 1 aromatic rings. The van der Waals surface area contributed by atoms with Crippen molar-refractivity contribution >= 4 is 6.03 Å². The lowest BCUT2D eigenvalue weighted by Crippen LogP contribution is -2.41. The standard InChI is InChI=1S/C20H33N3O2/c1-16(8-7-13-24)22-20(25)21-14-18-10-3-4-11-19(18)15-23-12-6-5-9-17(23)2/h3-4,10-11,16-17,24H,5-9,12-15H2,1-2H3,(H2,21,22,25). The minimum absolute atomic E-state index is 0.0663. The average Bonchev–Trinajstić information content (AvgIpc) is 2.61. The lowest BCUT2D eigenvalue weighted by Gasteiger charge is -2.33. The molecule has 2 unspecified atom stereocenters. The van der Waals surface area contributed by atoms with Gasteiger partial charge in [0.15, 0.2) is 0 Å². The fourth-order valence-electron chi connectivity index (χ4n) is 3.42. The Bertz CT molecular complexity index is 535. The summed E-state index contributed by atoms with van der Waals surface area (Å²) in [6.07, 6.45) is 5.37. The molecule has 0 spiro atoms. The maximum Gasteiger partial charge on any atom is 0.315 e. The molecule has 140 valence electrons. The maximum absolute atomic E-state index is 12.0. The van der Waals surface area contributed by atoms with E-state index in [9.17, 15) is 4.79 Å². The van der Waals surface area contributed by atoms with Crippen LogP contribution in [0.1, 0.15) is 57.1 Å². The molecule has 2 atom stereocenters. The van der Waals surface area contributed by atoms with Crippen LogP contribution in [0.5, 0.6) is 0 Å². The van der Waals surface area contributed by atoms with E-state index in [2.05, 4.69) is 40.7 Å². The fraction of sp³-hybridized carbons (Fsp3) is 0.650. The fourth-order valence-corrected chi connectivity index (χ4v) is 3.42. The van der Waals surface area contributed by atoms with E-state index < -0.39 is 0 Å². The Hall–Kier alpha value is -1.59. The molecule has 1 aromatic carbocycles. The Morgan fingerprint density at radius 2 is 2.08 bits per heavy atom. The molecule has 0 aliphatic carbocycles. The zero-order chi connectivity index (χ0) is 18.1. The summed E-state index contributed by atoms with van der Waals surface area (Å²) in [5, 5.41) is 14.7. The summed E-state index contributed by atoms with van der Waals surface area (Å²) < 4.78 is 0. The predicted octanol–water partition coefficient (Wildman–Crippen LogP) is 3.02. The molecular weight excluding hydrogens is 314 g/mol. The van der Waals surface area contributed by atoms with Gasteiger partial charge in [-0.3, -0.25) is 4.90 Å². The van der Waals surface area contributed by atoms with Crippen LogP contribution in [-0.2, 0) is 13.1 Å². The number of piperidine rings is 1. The van der Waals surface area contributed by atoms with Gasteiger partial charge in [0.1, 0.15) is 0 Å². The van der Waals surface area contributed by atoms with Crippen molar-refractivity contribution < 1.29 is 9.90 Å². The molecule has 25 heavy (non-hydrogen) atoms. The molecule has 0 radical (unpaired) electrons. The third kappa shape index (κ3) is 6.67. The molecule has 2 rings (SSSR count). The van der Waals surface area contributed by atoms with E-state index in [1.807, 2.05) is 13.0 Å². The molecule has 0 saturated carbocycles. The molecule has 2 amide bonds. The molecule has 1 saturated heterocycles. The number of amides is 2. The third-order valence-corrected chi connectivity index (χ3v) is 5.04. The number of nitrogens with zero attached hydrogens (tertiary/aromatic N) is 1. The van der Waals surface area contributed by atoms with Crippen molar-refractivity contribution in [2.24, 2.45) is 0 Å². The minimum atomic E-state index is -0.147. The number of likely N-dealkylation sites (tertiary alicyclic amines) is 1. The van der Waals surface area contributed by atoms with Crippen LogP contribution in [0.15, 0.2) is 24.3 Å². The number of rotatable bonds is 8. The van der Waals surface area contributed by atoms with Crippen molar-refractivity contribution in [1.82, 2.24) is 15.5 Å². The summed E-state index contributed by atoms with van der Waals surface area (Å²) in [4.78, 5) is 14.6. The molecular formula is C20H33N3O2. The molecule has 1 fully saturated rings. The van der Waals surface area contributed by atoms with Gasteiger partial charge in [-0.05, 0) is 57.2 Å². The molecule has 0 bridgehead atoms. The summed E-state index contributed by atoms with van der Waals surface area (Å²) in [7, 11) is 0. The zero-order valence-corrected chi connectivity index (χ0v) is 15.6. The van der Waals surface area contributed by atoms with E-state index in [1.165, 1.54) is 30.4 Å². The predicted molar refractivity (Wildman–Crippen MR) is 101 cm³/mol. The number of carbonyl (C=O) groups is 1. The number of hydrogen-bond donors (Lipinski definition) is 3. The largest absolute Gasteiger partial charge is 0.396 e. The van der Waals surface area contributed by atoms with E-state index in [1.54, 1.807) is 0 Å². The summed E-state index contributed by atoms with van der Waals surface area (Å²) in [6, 6.07) is 8.92. The number of carbonyl (C=O) groups excluding carboxylic acids is 1. The van der Waals surface area contributed by atoms with E-state index in [-0.39, 0.29) is 18.7 Å². The molecule has 0 aromatic heterocycles. The first-order valence-electron chi connectivity index (χ1n) is 9.56. The van der Waals surface area contributed by atoms with Gasteiger partial charge in [-0.15, -0.1) is 0 Å². The SMILES string of the molecule is CC(CCCO)NC(=O)NCc1ccccc1CN1CCCCC1C. The summed E-state index contributed by atoms with van der Waals surface area (Å²) in [6.45, 7) is 7.08. The second-order valence-corrected chi connectivity index (χ2v) is 7.18. The Morgan fingerprint density at radius 1 is 1.32 bits per heavy atom. The van der Waals surface area contributed by atoms with Gasteiger partial charge in [-0.25, -0.2) is 4.79 Å². The van der Waals surface area contributed by atoms with Gasteiger partial charge >= 0.3 is 6.03 Å². The van der Waals surface area contributed by atoms with Crippen LogP contribution in [0, 0.1) is 0 Å². The van der Waals surface area contributed by atoms with E-state index in [0.29, 0.717) is 19.0 Å². The van der Waals surface area contributed by atoms with Gasteiger partial charge in [0.25, 0.3) is 0 Å². The molecule has 3 N–H and O–H groups in total. The Labute approximate surface area is 151 Å². The van der Waals surface area contributed by atoms with Crippen LogP contribution in [0.4, 0.5) is 4.79 Å².